The Balaban J connectivity index is 4.02. The summed E-state index contributed by atoms with van der Waals surface area (Å²) < 4.78 is 19.8. The van der Waals surface area contributed by atoms with E-state index in [1.165, 1.54) is 0 Å². The zero-order chi connectivity index (χ0) is 17.3. The molecule has 0 bridgehead atoms. The van der Waals surface area contributed by atoms with E-state index in [0.717, 1.165) is 0 Å². The molecule has 0 spiro atoms. The summed E-state index contributed by atoms with van der Waals surface area (Å²) in [6.45, 7) is 0. The molecule has 0 radical (unpaired) electrons. The number of carbonyl (C=O) groups is 4. The number of carboxylic acids is 2. The van der Waals surface area contributed by atoms with Crippen molar-refractivity contribution in [3.05, 3.63) is 0 Å². The third-order valence-corrected chi connectivity index (χ3v) is 3.14. The molecular weight excluding hydrogens is 323 g/mol. The van der Waals surface area contributed by atoms with Gasteiger partial charge in [0.25, 0.3) is 0 Å². The molecule has 0 aromatic rings. The van der Waals surface area contributed by atoms with Crippen molar-refractivity contribution in [3.8, 4) is 0 Å². The Morgan fingerprint density at radius 2 is 1.18 bits per heavy atom. The first-order valence-corrected chi connectivity index (χ1v) is 7.28. The fraction of sp³-hybridized carbons (Fsp3) is 0.600. The molecule has 6 N–H and O–H groups in total. The Morgan fingerprint density at radius 3 is 1.45 bits per heavy atom. The van der Waals surface area contributed by atoms with Crippen LogP contribution in [0.3, 0.4) is 0 Å². The quantitative estimate of drug-likeness (QED) is 0.350. The second-order valence-electron chi connectivity index (χ2n) is 4.16. The van der Waals surface area contributed by atoms with Crippen LogP contribution in [0.25, 0.3) is 0 Å². The van der Waals surface area contributed by atoms with E-state index in [1.54, 1.807) is 0 Å². The Labute approximate surface area is 125 Å². The summed E-state index contributed by atoms with van der Waals surface area (Å²) >= 11 is 0. The van der Waals surface area contributed by atoms with Gasteiger partial charge in [-0.15, -0.1) is 0 Å². The molecule has 11 nitrogen and oxygen atoms in total. The number of aliphatic carboxylic acids is 2. The lowest BCUT2D eigenvalue weighted by atomic mass is 10.2. The number of carboxylic acid groups (broad SMARTS) is 2. The van der Waals surface area contributed by atoms with Crippen LogP contribution < -0.4 is 11.5 Å². The van der Waals surface area contributed by atoms with Crippen LogP contribution in [0.4, 0.5) is 0 Å². The van der Waals surface area contributed by atoms with Gasteiger partial charge in [0.05, 0.1) is 0 Å². The lowest BCUT2D eigenvalue weighted by Crippen LogP contribution is -2.30. The zero-order valence-corrected chi connectivity index (χ0v) is 12.4. The highest BCUT2D eigenvalue weighted by molar-refractivity contribution is 7.34. The molecule has 0 aliphatic carbocycles. The van der Waals surface area contributed by atoms with Gasteiger partial charge in [-0.2, -0.15) is 0 Å². The Bertz CT molecular complexity index is 427. The number of hydrogen-bond donors (Lipinski definition) is 4. The minimum atomic E-state index is -3.45. The number of hydrogen-bond acceptors (Lipinski definition) is 9. The van der Waals surface area contributed by atoms with Crippen molar-refractivity contribution in [3.63, 3.8) is 0 Å². The first kappa shape index (κ1) is 20.0. The van der Waals surface area contributed by atoms with Crippen LogP contribution in [-0.2, 0) is 32.8 Å². The molecule has 0 saturated heterocycles. The van der Waals surface area contributed by atoms with Crippen molar-refractivity contribution >= 4 is 32.1 Å². The van der Waals surface area contributed by atoms with Crippen LogP contribution >= 0.6 is 8.25 Å². The highest BCUT2D eigenvalue weighted by Gasteiger charge is 2.19. The van der Waals surface area contributed by atoms with Gasteiger partial charge in [0.2, 0.25) is 0 Å². The summed E-state index contributed by atoms with van der Waals surface area (Å²) in [6, 6.07) is -2.54. The molecule has 0 aromatic heterocycles. The van der Waals surface area contributed by atoms with E-state index >= 15 is 0 Å². The smallest absolute Gasteiger partial charge is 0.423 e. The highest BCUT2D eigenvalue weighted by atomic mass is 31.1. The van der Waals surface area contributed by atoms with Crippen molar-refractivity contribution in [2.24, 2.45) is 11.5 Å². The SMILES string of the molecule is N[C@@H](CCC(=O)O[PH](=O)OC(=O)CC[C@H](N)C(=O)O)C(=O)O. The van der Waals surface area contributed by atoms with E-state index in [9.17, 15) is 23.7 Å². The second kappa shape index (κ2) is 9.87. The van der Waals surface area contributed by atoms with Crippen LogP contribution in [-0.4, -0.2) is 46.2 Å². The van der Waals surface area contributed by atoms with Crippen LogP contribution in [0.5, 0.6) is 0 Å². The molecule has 0 unspecified atom stereocenters. The van der Waals surface area contributed by atoms with Crippen LogP contribution in [0.1, 0.15) is 25.7 Å². The van der Waals surface area contributed by atoms with Gasteiger partial charge in [-0.3, -0.25) is 19.2 Å². The molecule has 0 heterocycles. The molecular formula is C10H17N2O9P. The van der Waals surface area contributed by atoms with E-state index in [1.807, 2.05) is 0 Å². The predicted octanol–water partition coefficient (Wildman–Crippen LogP) is -1.15. The van der Waals surface area contributed by atoms with Gasteiger partial charge in [-0.05, 0) is 12.8 Å². The second-order valence-corrected chi connectivity index (χ2v) is 5.07. The molecule has 0 rings (SSSR count). The molecule has 2 atom stereocenters. The maximum Gasteiger partial charge on any atom is 0.423 e. The summed E-state index contributed by atoms with van der Waals surface area (Å²) in [6.07, 6.45) is -1.29. The average Bonchev–Trinajstić information content (AvgIpc) is 2.41. The van der Waals surface area contributed by atoms with E-state index < -0.39 is 57.1 Å². The normalized spacial score (nSPS) is 13.2. The van der Waals surface area contributed by atoms with E-state index in [4.69, 9.17) is 21.7 Å². The first-order chi connectivity index (χ1) is 10.1. The van der Waals surface area contributed by atoms with Gasteiger partial charge in [0.1, 0.15) is 12.1 Å². The van der Waals surface area contributed by atoms with Gasteiger partial charge >= 0.3 is 32.1 Å². The van der Waals surface area contributed by atoms with Crippen LogP contribution in [0.2, 0.25) is 0 Å². The molecule has 22 heavy (non-hydrogen) atoms. The molecule has 126 valence electrons. The van der Waals surface area contributed by atoms with Crippen molar-refractivity contribution < 1.29 is 43.0 Å². The number of nitrogens with two attached hydrogens (primary N) is 2. The van der Waals surface area contributed by atoms with Gasteiger partial charge in [0, 0.05) is 12.8 Å². The molecule has 12 heteroatoms. The highest BCUT2D eigenvalue weighted by Crippen LogP contribution is 2.26. The Morgan fingerprint density at radius 1 is 0.864 bits per heavy atom. The van der Waals surface area contributed by atoms with E-state index in [0.29, 0.717) is 0 Å². The largest absolute Gasteiger partial charge is 0.480 e. The zero-order valence-electron chi connectivity index (χ0n) is 11.4. The van der Waals surface area contributed by atoms with Crippen molar-refractivity contribution in [2.75, 3.05) is 0 Å². The Kier molecular flexibility index (Phi) is 8.99. The molecule has 0 aliphatic rings. The molecule has 0 aliphatic heterocycles. The van der Waals surface area contributed by atoms with Gasteiger partial charge in [-0.1, -0.05) is 0 Å². The third kappa shape index (κ3) is 9.06. The standard InChI is InChI=1S/C10H17N2O9P/c11-5(9(15)16)1-3-7(13)20-22(19)21-8(14)4-2-6(12)10(17)18/h5-6,22H,1-4,11-12H2,(H,15,16)(H,17,18)/t5-,6-/m0/s1. The fourth-order valence-electron chi connectivity index (χ4n) is 1.10. The van der Waals surface area contributed by atoms with Gasteiger partial charge in [-0.25, -0.2) is 4.57 Å². The topological polar surface area (TPSA) is 196 Å². The summed E-state index contributed by atoms with van der Waals surface area (Å²) in [5.74, 6) is -4.67. The maximum absolute atomic E-state index is 11.2. The van der Waals surface area contributed by atoms with Crippen molar-refractivity contribution in [2.45, 2.75) is 37.8 Å². The lowest BCUT2D eigenvalue weighted by molar-refractivity contribution is -0.140. The van der Waals surface area contributed by atoms with Crippen LogP contribution in [0, 0.1) is 0 Å². The summed E-state index contributed by atoms with van der Waals surface area (Å²) in [5, 5.41) is 17.0. The molecule has 0 fully saturated rings. The number of carbonyl (C=O) groups excluding carboxylic acids is 2. The monoisotopic (exact) mass is 340 g/mol. The first-order valence-electron chi connectivity index (χ1n) is 6.05. The Hall–Kier alpha value is -1.97. The van der Waals surface area contributed by atoms with E-state index in [-0.39, 0.29) is 12.8 Å². The molecule has 0 saturated carbocycles. The lowest BCUT2D eigenvalue weighted by Gasteiger charge is -2.08. The minimum Gasteiger partial charge on any atom is -0.480 e. The minimum absolute atomic E-state index is 0.231. The molecule has 0 amide bonds. The predicted molar refractivity (Wildman–Crippen MR) is 70.9 cm³/mol. The van der Waals surface area contributed by atoms with Crippen LogP contribution in [0.15, 0.2) is 0 Å². The third-order valence-electron chi connectivity index (χ3n) is 2.35. The maximum atomic E-state index is 11.2. The number of rotatable bonds is 10. The summed E-state index contributed by atoms with van der Waals surface area (Å²) in [7, 11) is -3.45. The van der Waals surface area contributed by atoms with Gasteiger partial charge in [0.15, 0.2) is 0 Å². The summed E-state index contributed by atoms with van der Waals surface area (Å²) in [5.41, 5.74) is 10.3. The molecule has 0 aromatic carbocycles. The van der Waals surface area contributed by atoms with Crippen molar-refractivity contribution in [1.29, 1.82) is 0 Å². The van der Waals surface area contributed by atoms with E-state index in [2.05, 4.69) is 9.05 Å². The fourth-order valence-corrected chi connectivity index (χ4v) is 1.72. The van der Waals surface area contributed by atoms with Gasteiger partial charge < -0.3 is 30.7 Å². The summed E-state index contributed by atoms with van der Waals surface area (Å²) in [4.78, 5) is 43.2. The van der Waals surface area contributed by atoms with Crippen molar-refractivity contribution in [1.82, 2.24) is 0 Å². The average molecular weight is 340 g/mol.